The standard InChI is InChI=1S/C14H19ClF2N2OSi/c1-21(2,3)7-6-20-9-19-12(8-15)18-11-5-4-10(16)13(17)14(11)19/h4-5H,6-9H2,1-3H3. The zero-order valence-corrected chi connectivity index (χ0v) is 14.2. The van der Waals surface area contributed by atoms with Gasteiger partial charge in [-0.3, -0.25) is 0 Å². The van der Waals surface area contributed by atoms with Gasteiger partial charge in [-0.15, -0.1) is 11.6 Å². The summed E-state index contributed by atoms with van der Waals surface area (Å²) < 4.78 is 34.5. The lowest BCUT2D eigenvalue weighted by atomic mass is 10.3. The molecule has 2 aromatic rings. The molecule has 0 radical (unpaired) electrons. The van der Waals surface area contributed by atoms with Crippen LogP contribution in [0.3, 0.4) is 0 Å². The van der Waals surface area contributed by atoms with Crippen LogP contribution in [-0.4, -0.2) is 24.2 Å². The number of halogens is 3. The highest BCUT2D eigenvalue weighted by Gasteiger charge is 2.17. The number of aromatic nitrogens is 2. The van der Waals surface area contributed by atoms with Crippen LogP contribution in [0.4, 0.5) is 8.78 Å². The Balaban J connectivity index is 2.23. The summed E-state index contributed by atoms with van der Waals surface area (Å²) in [5.41, 5.74) is 0.497. The third-order valence-corrected chi connectivity index (χ3v) is 5.16. The highest BCUT2D eigenvalue weighted by atomic mass is 35.5. The van der Waals surface area contributed by atoms with Crippen molar-refractivity contribution < 1.29 is 13.5 Å². The van der Waals surface area contributed by atoms with Gasteiger partial charge >= 0.3 is 0 Å². The Morgan fingerprint density at radius 3 is 2.62 bits per heavy atom. The van der Waals surface area contributed by atoms with Gasteiger partial charge in [0.1, 0.15) is 18.1 Å². The van der Waals surface area contributed by atoms with Gasteiger partial charge in [0.2, 0.25) is 0 Å². The Morgan fingerprint density at radius 1 is 1.29 bits per heavy atom. The molecule has 1 aromatic carbocycles. The number of nitrogens with zero attached hydrogens (tertiary/aromatic N) is 2. The maximum Gasteiger partial charge on any atom is 0.184 e. The molecule has 0 aliphatic carbocycles. The number of benzene rings is 1. The van der Waals surface area contributed by atoms with Gasteiger partial charge in [-0.1, -0.05) is 19.6 Å². The third-order valence-electron chi connectivity index (χ3n) is 3.22. The molecule has 0 fully saturated rings. The zero-order valence-electron chi connectivity index (χ0n) is 12.4. The van der Waals surface area contributed by atoms with Crippen LogP contribution in [-0.2, 0) is 17.3 Å². The van der Waals surface area contributed by atoms with E-state index in [0.717, 1.165) is 12.1 Å². The second-order valence-electron chi connectivity index (χ2n) is 6.17. The van der Waals surface area contributed by atoms with E-state index < -0.39 is 19.7 Å². The molecule has 0 aliphatic heterocycles. The minimum atomic E-state index is -1.18. The number of imidazole rings is 1. The van der Waals surface area contributed by atoms with Crippen molar-refractivity contribution in [3.63, 3.8) is 0 Å². The summed E-state index contributed by atoms with van der Waals surface area (Å²) in [4.78, 5) is 4.21. The molecule has 116 valence electrons. The monoisotopic (exact) mass is 332 g/mol. The summed E-state index contributed by atoms with van der Waals surface area (Å²) in [6.07, 6.45) is 0. The van der Waals surface area contributed by atoms with Gasteiger partial charge in [-0.2, -0.15) is 0 Å². The van der Waals surface area contributed by atoms with E-state index in [-0.39, 0.29) is 18.1 Å². The molecule has 7 heteroatoms. The lowest BCUT2D eigenvalue weighted by molar-refractivity contribution is 0.0879. The second kappa shape index (κ2) is 6.42. The Hall–Kier alpha value is -0.983. The number of alkyl halides is 1. The van der Waals surface area contributed by atoms with Gasteiger partial charge in [0, 0.05) is 14.7 Å². The zero-order chi connectivity index (χ0) is 15.6. The second-order valence-corrected chi connectivity index (χ2v) is 12.1. The van der Waals surface area contributed by atoms with Crippen molar-refractivity contribution >= 4 is 30.7 Å². The lowest BCUT2D eigenvalue weighted by Crippen LogP contribution is -2.22. The highest BCUT2D eigenvalue weighted by Crippen LogP contribution is 2.23. The topological polar surface area (TPSA) is 27.1 Å². The van der Waals surface area contributed by atoms with Crippen molar-refractivity contribution in [2.45, 2.75) is 38.3 Å². The highest BCUT2D eigenvalue weighted by molar-refractivity contribution is 6.76. The SMILES string of the molecule is C[Si](C)(C)CCOCn1c(CCl)nc2ccc(F)c(F)c21. The molecule has 0 amide bonds. The van der Waals surface area contributed by atoms with E-state index >= 15 is 0 Å². The van der Waals surface area contributed by atoms with E-state index in [2.05, 4.69) is 24.6 Å². The van der Waals surface area contributed by atoms with E-state index in [1.807, 2.05) is 0 Å². The van der Waals surface area contributed by atoms with Crippen LogP contribution in [0.25, 0.3) is 11.0 Å². The fraction of sp³-hybridized carbons (Fsp3) is 0.500. The number of ether oxygens (including phenoxy) is 1. The fourth-order valence-electron chi connectivity index (χ4n) is 1.98. The molecule has 0 bridgehead atoms. The molecule has 21 heavy (non-hydrogen) atoms. The Kier molecular flexibility index (Phi) is 5.01. The Labute approximate surface area is 128 Å². The van der Waals surface area contributed by atoms with Crippen LogP contribution in [0.1, 0.15) is 5.82 Å². The van der Waals surface area contributed by atoms with Gasteiger partial charge in [-0.25, -0.2) is 13.8 Å². The Bertz CT molecular complexity index is 640. The first-order chi connectivity index (χ1) is 9.83. The quantitative estimate of drug-likeness (QED) is 0.446. The smallest absolute Gasteiger partial charge is 0.184 e. The first-order valence-electron chi connectivity index (χ1n) is 6.80. The summed E-state index contributed by atoms with van der Waals surface area (Å²) in [6.45, 7) is 7.48. The summed E-state index contributed by atoms with van der Waals surface area (Å²) in [7, 11) is -1.18. The summed E-state index contributed by atoms with van der Waals surface area (Å²) in [6, 6.07) is 3.52. The van der Waals surface area contributed by atoms with Crippen LogP contribution in [0.5, 0.6) is 0 Å². The fourth-order valence-corrected chi connectivity index (χ4v) is 2.94. The maximum absolute atomic E-state index is 14.0. The van der Waals surface area contributed by atoms with Crippen LogP contribution < -0.4 is 0 Å². The minimum absolute atomic E-state index is 0.110. The van der Waals surface area contributed by atoms with E-state index in [0.29, 0.717) is 17.9 Å². The largest absolute Gasteiger partial charge is 0.361 e. The van der Waals surface area contributed by atoms with E-state index in [1.54, 1.807) is 0 Å². The molecule has 0 saturated heterocycles. The molecular formula is C14H19ClF2N2OSi. The van der Waals surface area contributed by atoms with Gasteiger partial charge < -0.3 is 9.30 Å². The molecule has 0 unspecified atom stereocenters. The molecule has 1 heterocycles. The van der Waals surface area contributed by atoms with Gasteiger partial charge in [-0.05, 0) is 18.2 Å². The molecule has 0 atom stereocenters. The minimum Gasteiger partial charge on any atom is -0.361 e. The predicted molar refractivity (Wildman–Crippen MR) is 83.3 cm³/mol. The normalized spacial score (nSPS) is 12.3. The van der Waals surface area contributed by atoms with Crippen LogP contribution in [0.15, 0.2) is 12.1 Å². The molecule has 0 spiro atoms. The van der Waals surface area contributed by atoms with E-state index in [9.17, 15) is 8.78 Å². The Morgan fingerprint density at radius 2 is 2.00 bits per heavy atom. The summed E-state index contributed by atoms with van der Waals surface area (Å²) >= 11 is 5.83. The molecular weight excluding hydrogens is 314 g/mol. The first-order valence-corrected chi connectivity index (χ1v) is 11.0. The summed E-state index contributed by atoms with van der Waals surface area (Å²) in [5.74, 6) is -1.21. The van der Waals surface area contributed by atoms with E-state index in [1.165, 1.54) is 10.6 Å². The van der Waals surface area contributed by atoms with Crippen molar-refractivity contribution in [2.75, 3.05) is 6.61 Å². The lowest BCUT2D eigenvalue weighted by Gasteiger charge is -2.16. The van der Waals surface area contributed by atoms with Crippen molar-refractivity contribution in [3.8, 4) is 0 Å². The van der Waals surface area contributed by atoms with Crippen molar-refractivity contribution in [3.05, 3.63) is 29.6 Å². The van der Waals surface area contributed by atoms with Crippen molar-refractivity contribution in [1.82, 2.24) is 9.55 Å². The van der Waals surface area contributed by atoms with Crippen LogP contribution in [0.2, 0.25) is 25.7 Å². The maximum atomic E-state index is 14.0. The van der Waals surface area contributed by atoms with Gasteiger partial charge in [0.05, 0.1) is 11.4 Å². The van der Waals surface area contributed by atoms with Crippen molar-refractivity contribution in [1.29, 1.82) is 0 Å². The summed E-state index contributed by atoms with van der Waals surface area (Å²) in [5, 5.41) is 0. The molecule has 2 rings (SSSR count). The van der Waals surface area contributed by atoms with E-state index in [4.69, 9.17) is 16.3 Å². The van der Waals surface area contributed by atoms with Gasteiger partial charge in [0.25, 0.3) is 0 Å². The molecule has 3 nitrogen and oxygen atoms in total. The number of hydrogen-bond donors (Lipinski definition) is 0. The molecule has 0 N–H and O–H groups in total. The van der Waals surface area contributed by atoms with Crippen molar-refractivity contribution in [2.24, 2.45) is 0 Å². The number of rotatable bonds is 6. The number of fused-ring (bicyclic) bond motifs is 1. The average molecular weight is 333 g/mol. The van der Waals surface area contributed by atoms with Crippen LogP contribution >= 0.6 is 11.6 Å². The first kappa shape index (κ1) is 16.4. The third kappa shape index (κ3) is 3.81. The number of hydrogen-bond acceptors (Lipinski definition) is 2. The van der Waals surface area contributed by atoms with Gasteiger partial charge in [0.15, 0.2) is 11.6 Å². The molecule has 0 saturated carbocycles. The molecule has 0 aliphatic rings. The molecule has 1 aromatic heterocycles. The van der Waals surface area contributed by atoms with Crippen LogP contribution in [0, 0.1) is 11.6 Å². The predicted octanol–water partition coefficient (Wildman–Crippen LogP) is 4.37. The average Bonchev–Trinajstić information content (AvgIpc) is 2.76.